The number of methoxy groups -OCH3 is 1. The van der Waals surface area contributed by atoms with Crippen LogP contribution in [0.25, 0.3) is 0 Å². The second-order valence-electron chi connectivity index (χ2n) is 19.3. The number of nitrogens with one attached hydrogen (secondary N) is 8. The Morgan fingerprint density at radius 1 is 0.641 bits per heavy atom. The molecule has 0 spiro atoms. The third kappa shape index (κ3) is 24.5. The SMILES string of the molecule is COC(=O)/C=C/CC[C@H](NC(=O)[C@H](CC(N)=O)NC(C)=O)C(=O)N[C@@H](CCCC(=O)O)C(=O)N[C@@H](CCC(N)=O)C(=O)N[C@H](C(=O)N[C@@H](CO)C(=O)N1CCC[C@H]1C(=O)N[C@@H](CC(C)C)C(=O)N[C@H](C(=O)O)C(C)O)C(C)C. The molecule has 1 unspecified atom stereocenters. The van der Waals surface area contributed by atoms with Gasteiger partial charge in [0.15, 0.2) is 6.04 Å². The van der Waals surface area contributed by atoms with Crippen molar-refractivity contribution in [3.05, 3.63) is 12.2 Å². The average molecular weight is 1110 g/mol. The van der Waals surface area contributed by atoms with Gasteiger partial charge in [0, 0.05) is 32.4 Å². The Balaban J connectivity index is 3.49. The highest BCUT2D eigenvalue weighted by atomic mass is 16.5. The highest BCUT2D eigenvalue weighted by molar-refractivity contribution is 5.99. The van der Waals surface area contributed by atoms with Crippen LogP contribution in [0.5, 0.6) is 0 Å². The molecule has 30 nitrogen and oxygen atoms in total. The van der Waals surface area contributed by atoms with E-state index in [4.69, 9.17) is 11.5 Å². The molecule has 0 saturated carbocycles. The molecular weight excluding hydrogens is 1030 g/mol. The number of allylic oxidation sites excluding steroid dienone is 1. The standard InChI is InChI=1S/C48H77N11O19/c1-23(2)20-30(44(72)58-39(25(5)61)48(76)77)55-45(73)33-14-11-19-59(33)47(75)32(22-60)56-46(74)38(24(3)4)57-42(70)29(17-18-34(49)63)54-41(69)28(13-10-15-36(65)66)52-40(68)27(12-8-9-16-37(67)78-7)53-43(71)31(21-35(50)64)51-26(6)62/h9,16,23-25,27-33,38-39,60-61H,8,10-15,17-22H2,1-7H3,(H2,49,63)(H2,50,64)(H,51,62)(H,52,68)(H,53,71)(H,54,69)(H,55,73)(H,56,74)(H,57,70)(H,58,72)(H,65,66)(H,76,77)/b16-9+/t25?,27-,28-,29-,30-,31-,32-,33-,38-,39-/m0/s1. The van der Waals surface area contributed by atoms with Gasteiger partial charge in [-0.05, 0) is 70.1 Å². The van der Waals surface area contributed by atoms with E-state index in [9.17, 15) is 87.5 Å². The molecule has 30 heteroatoms. The number of carbonyl (C=O) groups is 14. The number of hydrogen-bond acceptors (Lipinski definition) is 17. The van der Waals surface area contributed by atoms with Gasteiger partial charge in [0.1, 0.15) is 48.3 Å². The molecule has 1 saturated heterocycles. The summed E-state index contributed by atoms with van der Waals surface area (Å²) in [6, 6.07) is -14.0. The monoisotopic (exact) mass is 1110 g/mol. The van der Waals surface area contributed by atoms with Crippen LogP contribution in [0, 0.1) is 11.8 Å². The van der Waals surface area contributed by atoms with Crippen molar-refractivity contribution in [2.75, 3.05) is 20.3 Å². The van der Waals surface area contributed by atoms with Crippen LogP contribution in [0.1, 0.15) is 112 Å². The Morgan fingerprint density at radius 3 is 1.65 bits per heavy atom. The number of amides is 11. The summed E-state index contributed by atoms with van der Waals surface area (Å²) < 4.78 is 4.55. The summed E-state index contributed by atoms with van der Waals surface area (Å²) in [7, 11) is 1.11. The highest BCUT2D eigenvalue weighted by Gasteiger charge is 2.41. The fourth-order valence-corrected chi connectivity index (χ4v) is 7.89. The predicted octanol–water partition coefficient (Wildman–Crippen LogP) is -5.06. The molecule has 78 heavy (non-hydrogen) atoms. The van der Waals surface area contributed by atoms with E-state index in [1.54, 1.807) is 13.8 Å². The number of rotatable bonds is 35. The molecule has 1 fully saturated rings. The van der Waals surface area contributed by atoms with Gasteiger partial charge in [-0.25, -0.2) is 9.59 Å². The molecule has 1 heterocycles. The van der Waals surface area contributed by atoms with Gasteiger partial charge in [-0.2, -0.15) is 0 Å². The smallest absolute Gasteiger partial charge is 0.330 e. The van der Waals surface area contributed by atoms with E-state index >= 15 is 0 Å². The molecule has 0 bridgehead atoms. The Bertz CT molecular complexity index is 2190. The third-order valence-corrected chi connectivity index (χ3v) is 11.9. The number of carboxylic acid groups (broad SMARTS) is 2. The number of aliphatic hydroxyl groups excluding tert-OH is 2. The van der Waals surface area contributed by atoms with Crippen LogP contribution in [0.2, 0.25) is 0 Å². The summed E-state index contributed by atoms with van der Waals surface area (Å²) in [5.74, 6) is -15.2. The molecule has 1 aliphatic heterocycles. The molecule has 0 radical (unpaired) electrons. The van der Waals surface area contributed by atoms with Crippen LogP contribution in [0.15, 0.2) is 12.2 Å². The molecule has 11 amide bonds. The average Bonchev–Trinajstić information content (AvgIpc) is 3.84. The number of likely N-dealkylation sites (tertiary alicyclic amines) is 1. The lowest BCUT2D eigenvalue weighted by atomic mass is 10.0. The topological polar surface area (TPSA) is 481 Å². The minimum absolute atomic E-state index is 0.0312. The number of carboxylic acids is 2. The number of ether oxygens (including phenoxy) is 1. The second kappa shape index (κ2) is 34.1. The Morgan fingerprint density at radius 2 is 1.17 bits per heavy atom. The highest BCUT2D eigenvalue weighted by Crippen LogP contribution is 2.20. The first kappa shape index (κ1) is 68.3. The quantitative estimate of drug-likeness (QED) is 0.0209. The van der Waals surface area contributed by atoms with Crippen LogP contribution in [0.4, 0.5) is 0 Å². The van der Waals surface area contributed by atoms with Crippen molar-refractivity contribution < 1.29 is 92.3 Å². The van der Waals surface area contributed by atoms with Crippen LogP contribution < -0.4 is 54.0 Å². The number of esters is 1. The molecule has 10 atom stereocenters. The molecule has 16 N–H and O–H groups in total. The molecule has 1 aliphatic rings. The summed E-state index contributed by atoms with van der Waals surface area (Å²) in [4.78, 5) is 182. The maximum atomic E-state index is 14.1. The van der Waals surface area contributed by atoms with E-state index in [-0.39, 0.29) is 51.0 Å². The van der Waals surface area contributed by atoms with E-state index in [0.717, 1.165) is 31.9 Å². The van der Waals surface area contributed by atoms with Crippen molar-refractivity contribution in [1.29, 1.82) is 0 Å². The zero-order valence-corrected chi connectivity index (χ0v) is 44.8. The first-order valence-corrected chi connectivity index (χ1v) is 25.2. The number of aliphatic hydroxyl groups is 2. The zero-order valence-electron chi connectivity index (χ0n) is 44.8. The maximum Gasteiger partial charge on any atom is 0.330 e. The Kier molecular flexibility index (Phi) is 29.8. The molecule has 0 aromatic carbocycles. The van der Waals surface area contributed by atoms with Crippen molar-refractivity contribution in [3.8, 4) is 0 Å². The predicted molar refractivity (Wildman–Crippen MR) is 271 cm³/mol. The van der Waals surface area contributed by atoms with Gasteiger partial charge in [0.2, 0.25) is 65.0 Å². The van der Waals surface area contributed by atoms with Crippen LogP contribution >= 0.6 is 0 Å². The second-order valence-corrected chi connectivity index (χ2v) is 19.3. The van der Waals surface area contributed by atoms with Crippen LogP contribution in [-0.4, -0.2) is 189 Å². The maximum absolute atomic E-state index is 14.1. The summed E-state index contributed by atoms with van der Waals surface area (Å²) in [5.41, 5.74) is 10.6. The molecule has 0 aromatic heterocycles. The third-order valence-electron chi connectivity index (χ3n) is 11.9. The van der Waals surface area contributed by atoms with Gasteiger partial charge >= 0.3 is 17.9 Å². The van der Waals surface area contributed by atoms with Gasteiger partial charge in [-0.1, -0.05) is 33.8 Å². The van der Waals surface area contributed by atoms with E-state index in [2.05, 4.69) is 47.3 Å². The van der Waals surface area contributed by atoms with Gasteiger partial charge < -0.3 is 84.1 Å². The summed E-state index contributed by atoms with van der Waals surface area (Å²) in [6.45, 7) is 7.61. The minimum atomic E-state index is -1.71. The number of aliphatic carboxylic acids is 2. The number of primary amides is 2. The van der Waals surface area contributed by atoms with E-state index < -0.39 is 188 Å². The van der Waals surface area contributed by atoms with Crippen molar-refractivity contribution >= 4 is 82.9 Å². The van der Waals surface area contributed by atoms with Crippen LogP contribution in [-0.2, 0) is 71.9 Å². The summed E-state index contributed by atoms with van der Waals surface area (Å²) >= 11 is 0. The molecule has 0 aromatic rings. The fraction of sp³-hybridized carbons (Fsp3) is 0.667. The van der Waals surface area contributed by atoms with Crippen molar-refractivity contribution in [1.82, 2.24) is 47.4 Å². The van der Waals surface area contributed by atoms with Gasteiger partial charge in [0.25, 0.3) is 0 Å². The Hall–Kier alpha value is -7.76. The lowest BCUT2D eigenvalue weighted by molar-refractivity contribution is -0.146. The summed E-state index contributed by atoms with van der Waals surface area (Å²) in [6.07, 6.45) is -2.01. The van der Waals surface area contributed by atoms with E-state index in [1.165, 1.54) is 19.9 Å². The number of nitrogens with two attached hydrogens (primary N) is 2. The molecule has 1 rings (SSSR count). The largest absolute Gasteiger partial charge is 0.481 e. The van der Waals surface area contributed by atoms with Crippen molar-refractivity contribution in [3.63, 3.8) is 0 Å². The molecule has 0 aliphatic carbocycles. The van der Waals surface area contributed by atoms with Gasteiger partial charge in [-0.15, -0.1) is 0 Å². The number of nitrogens with zero attached hydrogens (tertiary/aromatic N) is 1. The zero-order chi connectivity index (χ0) is 59.6. The van der Waals surface area contributed by atoms with Crippen molar-refractivity contribution in [2.45, 2.75) is 173 Å². The Labute approximate surface area is 450 Å². The summed E-state index contributed by atoms with van der Waals surface area (Å²) in [5, 5.41) is 58.0. The first-order chi connectivity index (χ1) is 36.4. The van der Waals surface area contributed by atoms with E-state index in [0.29, 0.717) is 0 Å². The number of hydrogen-bond donors (Lipinski definition) is 14. The van der Waals surface area contributed by atoms with Gasteiger partial charge in [0.05, 0.1) is 26.2 Å². The molecule has 438 valence electrons. The van der Waals surface area contributed by atoms with Crippen molar-refractivity contribution in [2.24, 2.45) is 23.3 Å². The fourth-order valence-electron chi connectivity index (χ4n) is 7.89. The van der Waals surface area contributed by atoms with E-state index in [1.807, 2.05) is 0 Å². The van der Waals surface area contributed by atoms with Crippen LogP contribution in [0.3, 0.4) is 0 Å². The molecular formula is C48H77N11O19. The lowest BCUT2D eigenvalue weighted by Crippen LogP contribution is -2.61. The van der Waals surface area contributed by atoms with Gasteiger partial charge in [-0.3, -0.25) is 57.5 Å². The minimum Gasteiger partial charge on any atom is -0.481 e. The normalized spacial score (nSPS) is 16.6. The lowest BCUT2D eigenvalue weighted by Gasteiger charge is -2.31. The number of carbonyl (C=O) groups excluding carboxylic acids is 12. The first-order valence-electron chi connectivity index (χ1n) is 25.2.